The molecule has 4 aromatic carbocycles. The minimum absolute atomic E-state index is 0. The van der Waals surface area contributed by atoms with E-state index < -0.39 is 37.4 Å². The Morgan fingerprint density at radius 2 is 1.08 bits per heavy atom. The number of hydrogen-bond acceptors (Lipinski definition) is 0. The molecule has 250 valence electrons. The van der Waals surface area contributed by atoms with Crippen LogP contribution in [0.4, 0.5) is 0 Å². The average Bonchev–Trinajstić information content (AvgIpc) is 3.79. The molecule has 4 aromatic rings. The molecule has 0 atom stereocenters. The van der Waals surface area contributed by atoms with Crippen molar-refractivity contribution in [2.75, 3.05) is 0 Å². The molecule has 0 N–H and O–H groups in total. The molecule has 0 heterocycles. The summed E-state index contributed by atoms with van der Waals surface area (Å²) < 4.78 is 5.04. The number of halogens is 2. The maximum absolute atomic E-state index is 2.65. The largest absolute Gasteiger partial charge is 1.00 e. The molecule has 0 aliphatic heterocycles. The van der Waals surface area contributed by atoms with Gasteiger partial charge in [0, 0.05) is 0 Å². The number of rotatable bonds is 12. The van der Waals surface area contributed by atoms with E-state index in [1.54, 1.807) is 25.7 Å². The van der Waals surface area contributed by atoms with Gasteiger partial charge in [0.2, 0.25) is 0 Å². The number of fused-ring (bicyclic) bond motifs is 3. The Hall–Kier alpha value is -1.87. The van der Waals surface area contributed by atoms with Crippen molar-refractivity contribution in [2.24, 2.45) is 0 Å². The predicted molar refractivity (Wildman–Crippen MR) is 206 cm³/mol. The molecule has 5 heteroatoms. The first-order valence-electron chi connectivity index (χ1n) is 18.0. The minimum Gasteiger partial charge on any atom is -1.00 e. The monoisotopic (exact) mass is 784 g/mol. The van der Waals surface area contributed by atoms with Crippen LogP contribution in [-0.4, -0.2) is 19.4 Å². The Morgan fingerprint density at radius 3 is 1.56 bits per heavy atom. The van der Waals surface area contributed by atoms with Gasteiger partial charge in [-0.3, -0.25) is 0 Å². The maximum Gasteiger partial charge on any atom is -1.00 e. The summed E-state index contributed by atoms with van der Waals surface area (Å²) in [6.07, 6.45) is 9.37. The zero-order valence-corrected chi connectivity index (χ0v) is 35.8. The number of hydrogen-bond donors (Lipinski definition) is 0. The summed E-state index contributed by atoms with van der Waals surface area (Å²) in [5.74, 6) is 0. The third-order valence-electron chi connectivity index (χ3n) is 12.1. The first-order valence-corrected chi connectivity index (χ1v) is 26.9. The second-order valence-electron chi connectivity index (χ2n) is 13.6. The van der Waals surface area contributed by atoms with Gasteiger partial charge in [-0.15, -0.1) is 0 Å². The molecule has 0 spiro atoms. The topological polar surface area (TPSA) is 0 Å². The Kier molecular flexibility index (Phi) is 13.7. The smallest absolute Gasteiger partial charge is 1.00 e. The number of allylic oxidation sites excluding steroid dienone is 4. The van der Waals surface area contributed by atoms with Gasteiger partial charge in [0.25, 0.3) is 0 Å². The normalized spacial score (nSPS) is 13.1. The van der Waals surface area contributed by atoms with Crippen LogP contribution in [0.25, 0.3) is 11.1 Å². The zero-order chi connectivity index (χ0) is 32.3. The predicted octanol–water partition coefficient (Wildman–Crippen LogP) is 4.05. The van der Waals surface area contributed by atoms with Gasteiger partial charge in [0.15, 0.2) is 0 Å². The third-order valence-corrected chi connectivity index (χ3v) is 30.9. The van der Waals surface area contributed by atoms with Crippen LogP contribution in [-0.2, 0) is 27.7 Å². The molecule has 0 saturated heterocycles. The average molecular weight is 787 g/mol. The molecule has 0 fully saturated rings. The van der Waals surface area contributed by atoms with E-state index in [1.165, 1.54) is 64.1 Å². The summed E-state index contributed by atoms with van der Waals surface area (Å²) in [4.78, 5) is 0. The molecular formula is C43H52Cl2Si2Zr. The second kappa shape index (κ2) is 16.9. The van der Waals surface area contributed by atoms with Crippen LogP contribution >= 0.6 is 0 Å². The summed E-state index contributed by atoms with van der Waals surface area (Å²) in [7, 11) is -2.90. The molecular weight excluding hydrogens is 735 g/mol. The molecule has 0 saturated carbocycles. The molecule has 0 amide bonds. The molecule has 6 rings (SSSR count). The molecule has 0 aromatic heterocycles. The third kappa shape index (κ3) is 7.02. The SMILES string of the molecule is CC[Si](CC)(CC)c1ccc([C](c2ccc([Si](CC)(CC)CC)cc2)=[Zr+2]([C]2=CC=CC2)[c]2cccc3c2Cc2ccccc2-3)cc1.[Cl-].[Cl-]. The first kappa shape index (κ1) is 38.9. The van der Waals surface area contributed by atoms with Gasteiger partial charge in [-0.2, -0.15) is 0 Å². The zero-order valence-electron chi connectivity index (χ0n) is 29.8. The molecule has 2 aliphatic carbocycles. The standard InChI is InChI=1S/C25H38Si2.C13H9.C5H5.2ClH.Zr/c1-7-26(8-2,9-3)24-17-13-22(14-18-24)21-23-15-19-25(20-16-23)27(10-4,11-5)12-6;1-3-7-12-10(5-1)9-11-6-2-4-8-13(11)12;1-2-4-5-3-1;;;/h13-20H,7-12H2,1-6H3;1-5,7-8H,9H2;1-3H,4H2;2*1H;/q;;;;;+2/p-2. The fourth-order valence-electron chi connectivity index (χ4n) is 8.65. The quantitative estimate of drug-likeness (QED) is 0.168. The van der Waals surface area contributed by atoms with Crippen molar-refractivity contribution in [3.63, 3.8) is 0 Å². The summed E-state index contributed by atoms with van der Waals surface area (Å²) in [6.45, 7) is 14.6. The van der Waals surface area contributed by atoms with Gasteiger partial charge < -0.3 is 24.8 Å². The Bertz CT molecular complexity index is 1710. The van der Waals surface area contributed by atoms with Crippen molar-refractivity contribution >= 4 is 33.0 Å². The van der Waals surface area contributed by atoms with Crippen molar-refractivity contribution in [2.45, 2.75) is 90.6 Å². The van der Waals surface area contributed by atoms with Crippen LogP contribution < -0.4 is 38.5 Å². The van der Waals surface area contributed by atoms with E-state index in [0.29, 0.717) is 0 Å². The van der Waals surface area contributed by atoms with Crippen molar-refractivity contribution in [1.29, 1.82) is 0 Å². The van der Waals surface area contributed by atoms with Crippen molar-refractivity contribution in [3.05, 3.63) is 135 Å². The van der Waals surface area contributed by atoms with Gasteiger partial charge >= 0.3 is 291 Å². The number of benzene rings is 4. The van der Waals surface area contributed by atoms with Crippen molar-refractivity contribution in [1.82, 2.24) is 0 Å². The maximum atomic E-state index is 2.54. The van der Waals surface area contributed by atoms with Crippen molar-refractivity contribution < 1.29 is 46.1 Å². The van der Waals surface area contributed by atoms with E-state index in [0.717, 1.165) is 12.8 Å². The molecule has 0 nitrogen and oxygen atoms in total. The fourth-order valence-corrected chi connectivity index (χ4v) is 23.8. The van der Waals surface area contributed by atoms with Gasteiger partial charge in [0.05, 0.1) is 0 Å². The van der Waals surface area contributed by atoms with Crippen LogP contribution in [0.15, 0.2) is 113 Å². The molecule has 0 bridgehead atoms. The van der Waals surface area contributed by atoms with E-state index in [2.05, 4.69) is 151 Å². The van der Waals surface area contributed by atoms with Crippen LogP contribution in [0.5, 0.6) is 0 Å². The van der Waals surface area contributed by atoms with Gasteiger partial charge in [-0.05, 0) is 0 Å². The summed E-state index contributed by atoms with van der Waals surface area (Å²) in [6, 6.07) is 44.6. The molecule has 48 heavy (non-hydrogen) atoms. The summed E-state index contributed by atoms with van der Waals surface area (Å²) >= 11 is -2.65. The van der Waals surface area contributed by atoms with E-state index in [1.807, 2.05) is 0 Å². The van der Waals surface area contributed by atoms with Crippen molar-refractivity contribution in [3.8, 4) is 11.1 Å². The van der Waals surface area contributed by atoms with Crippen LogP contribution in [0.1, 0.15) is 70.2 Å². The second-order valence-corrected chi connectivity index (χ2v) is 30.1. The Labute approximate surface area is 313 Å². The van der Waals surface area contributed by atoms with E-state index in [-0.39, 0.29) is 24.8 Å². The van der Waals surface area contributed by atoms with Gasteiger partial charge in [-0.25, -0.2) is 0 Å². The van der Waals surface area contributed by atoms with Gasteiger partial charge in [0.1, 0.15) is 0 Å². The van der Waals surface area contributed by atoms with E-state index in [4.69, 9.17) is 0 Å². The van der Waals surface area contributed by atoms with Gasteiger partial charge in [-0.1, -0.05) is 0 Å². The van der Waals surface area contributed by atoms with Crippen LogP contribution in [0.3, 0.4) is 0 Å². The Balaban J connectivity index is 0.00000260. The fraction of sp³-hybridized carbons (Fsp3) is 0.326. The summed E-state index contributed by atoms with van der Waals surface area (Å²) in [5, 5.41) is 3.29. The molecule has 0 unspecified atom stereocenters. The summed E-state index contributed by atoms with van der Waals surface area (Å²) in [5.41, 5.74) is 8.92. The van der Waals surface area contributed by atoms with E-state index in [9.17, 15) is 0 Å². The van der Waals surface area contributed by atoms with Crippen LogP contribution in [0, 0.1) is 0 Å². The van der Waals surface area contributed by atoms with Crippen LogP contribution in [0.2, 0.25) is 36.3 Å². The molecule has 0 radical (unpaired) electrons. The first-order chi connectivity index (χ1) is 22.5. The van der Waals surface area contributed by atoms with E-state index >= 15 is 0 Å². The Morgan fingerprint density at radius 1 is 0.583 bits per heavy atom. The minimum atomic E-state index is -2.65. The molecule has 2 aliphatic rings.